The van der Waals surface area contributed by atoms with Crippen LogP contribution in [0.4, 0.5) is 0 Å². The molecule has 0 spiro atoms. The minimum Gasteiger partial charge on any atom is -0.463 e. The maximum atomic E-state index is 5.89. The van der Waals surface area contributed by atoms with E-state index in [0.717, 1.165) is 24.6 Å². The predicted molar refractivity (Wildman–Crippen MR) is 73.4 cm³/mol. The fourth-order valence-corrected chi connectivity index (χ4v) is 3.11. The van der Waals surface area contributed by atoms with Gasteiger partial charge in [0.1, 0.15) is 11.5 Å². The molecule has 4 heteroatoms. The molecule has 17 heavy (non-hydrogen) atoms. The van der Waals surface area contributed by atoms with Crippen LogP contribution < -0.4 is 5.32 Å². The molecule has 0 atom stereocenters. The lowest BCUT2D eigenvalue weighted by atomic mass is 10.2. The average Bonchev–Trinajstić information content (AvgIpc) is 2.54. The molecule has 1 aromatic heterocycles. The monoisotopic (exact) mass is 254 g/mol. The van der Waals surface area contributed by atoms with Crippen molar-refractivity contribution < 1.29 is 4.42 Å². The van der Waals surface area contributed by atoms with Crippen LogP contribution in [-0.2, 0) is 13.1 Å². The van der Waals surface area contributed by atoms with Gasteiger partial charge >= 0.3 is 0 Å². The van der Waals surface area contributed by atoms with E-state index in [-0.39, 0.29) is 0 Å². The summed E-state index contributed by atoms with van der Waals surface area (Å²) in [6.07, 6.45) is 1.30. The maximum Gasteiger partial charge on any atom is 0.120 e. The van der Waals surface area contributed by atoms with Gasteiger partial charge < -0.3 is 9.73 Å². The van der Waals surface area contributed by atoms with E-state index in [0.29, 0.717) is 0 Å². The van der Waals surface area contributed by atoms with Crippen LogP contribution in [0.15, 0.2) is 10.5 Å². The largest absolute Gasteiger partial charge is 0.463 e. The second kappa shape index (κ2) is 6.47. The highest BCUT2D eigenvalue weighted by Gasteiger charge is 2.13. The lowest BCUT2D eigenvalue weighted by Crippen LogP contribution is -2.25. The first-order chi connectivity index (χ1) is 8.29. The first-order valence-corrected chi connectivity index (χ1v) is 7.48. The van der Waals surface area contributed by atoms with Gasteiger partial charge in [-0.2, -0.15) is 11.8 Å². The van der Waals surface area contributed by atoms with Crippen LogP contribution in [0.2, 0.25) is 0 Å². The Labute approximate surface area is 108 Å². The van der Waals surface area contributed by atoms with Gasteiger partial charge in [0.2, 0.25) is 0 Å². The van der Waals surface area contributed by atoms with E-state index in [1.54, 1.807) is 0 Å². The Morgan fingerprint density at radius 2 is 2.29 bits per heavy atom. The quantitative estimate of drug-likeness (QED) is 0.892. The smallest absolute Gasteiger partial charge is 0.120 e. The van der Waals surface area contributed by atoms with Gasteiger partial charge in [-0.3, -0.25) is 4.90 Å². The normalized spacial score (nSPS) is 18.2. The molecule has 1 aromatic rings. The summed E-state index contributed by atoms with van der Waals surface area (Å²) in [5.41, 5.74) is 1.26. The number of furan rings is 1. The van der Waals surface area contributed by atoms with Gasteiger partial charge in [-0.25, -0.2) is 0 Å². The van der Waals surface area contributed by atoms with E-state index in [9.17, 15) is 0 Å². The molecule has 1 saturated heterocycles. The van der Waals surface area contributed by atoms with Crippen LogP contribution in [0, 0.1) is 6.92 Å². The van der Waals surface area contributed by atoms with Crippen molar-refractivity contribution in [1.82, 2.24) is 10.2 Å². The third-order valence-electron chi connectivity index (χ3n) is 3.10. The average molecular weight is 254 g/mol. The van der Waals surface area contributed by atoms with E-state index in [1.165, 1.54) is 36.6 Å². The Morgan fingerprint density at radius 1 is 1.41 bits per heavy atom. The molecule has 0 bridgehead atoms. The zero-order valence-corrected chi connectivity index (χ0v) is 11.6. The van der Waals surface area contributed by atoms with Crippen LogP contribution in [0.25, 0.3) is 0 Å². The lowest BCUT2D eigenvalue weighted by molar-refractivity contribution is 0.258. The zero-order chi connectivity index (χ0) is 12.1. The fraction of sp³-hybridized carbons (Fsp3) is 0.692. The van der Waals surface area contributed by atoms with Crippen LogP contribution in [0.1, 0.15) is 23.5 Å². The highest BCUT2D eigenvalue weighted by Crippen LogP contribution is 2.18. The van der Waals surface area contributed by atoms with E-state index < -0.39 is 0 Å². The van der Waals surface area contributed by atoms with Crippen molar-refractivity contribution in [3.8, 4) is 0 Å². The van der Waals surface area contributed by atoms with Crippen molar-refractivity contribution in [1.29, 1.82) is 0 Å². The minimum atomic E-state index is 0.821. The standard InChI is InChI=1S/C13H22N2OS/c1-11-8-12(16-13(11)9-14-2)10-15-4-3-6-17-7-5-15/h8,14H,3-7,9-10H2,1-2H3. The van der Waals surface area contributed by atoms with Crippen molar-refractivity contribution in [3.05, 3.63) is 23.2 Å². The molecule has 0 aliphatic carbocycles. The van der Waals surface area contributed by atoms with Gasteiger partial charge in [0.15, 0.2) is 0 Å². The first kappa shape index (κ1) is 13.0. The topological polar surface area (TPSA) is 28.4 Å². The second-order valence-corrected chi connectivity index (χ2v) is 5.82. The molecule has 0 saturated carbocycles. The van der Waals surface area contributed by atoms with Crippen molar-refractivity contribution in [2.24, 2.45) is 0 Å². The number of hydrogen-bond acceptors (Lipinski definition) is 4. The van der Waals surface area contributed by atoms with Crippen LogP contribution in [-0.4, -0.2) is 36.5 Å². The number of rotatable bonds is 4. The molecule has 1 aliphatic heterocycles. The van der Waals surface area contributed by atoms with Crippen LogP contribution in [0.5, 0.6) is 0 Å². The second-order valence-electron chi connectivity index (χ2n) is 4.59. The highest BCUT2D eigenvalue weighted by molar-refractivity contribution is 7.99. The van der Waals surface area contributed by atoms with E-state index in [1.807, 2.05) is 7.05 Å². The lowest BCUT2D eigenvalue weighted by Gasteiger charge is -2.17. The van der Waals surface area contributed by atoms with Crippen LogP contribution in [0.3, 0.4) is 0 Å². The minimum absolute atomic E-state index is 0.821. The van der Waals surface area contributed by atoms with E-state index >= 15 is 0 Å². The maximum absolute atomic E-state index is 5.89. The molecule has 0 radical (unpaired) electrons. The Morgan fingerprint density at radius 3 is 3.12 bits per heavy atom. The Hall–Kier alpha value is -0.450. The van der Waals surface area contributed by atoms with Crippen LogP contribution >= 0.6 is 11.8 Å². The molecule has 1 aliphatic rings. The fourth-order valence-electron chi connectivity index (χ4n) is 2.18. The molecule has 1 fully saturated rings. The van der Waals surface area contributed by atoms with Gasteiger partial charge in [0.25, 0.3) is 0 Å². The van der Waals surface area contributed by atoms with Crippen molar-refractivity contribution in [3.63, 3.8) is 0 Å². The molecule has 0 unspecified atom stereocenters. The number of nitrogens with one attached hydrogen (secondary N) is 1. The summed E-state index contributed by atoms with van der Waals surface area (Å²) in [4.78, 5) is 2.50. The molecule has 0 amide bonds. The van der Waals surface area contributed by atoms with Gasteiger partial charge in [0.05, 0.1) is 13.1 Å². The Bertz CT molecular complexity index is 343. The molecular weight excluding hydrogens is 232 g/mol. The SMILES string of the molecule is CNCc1oc(CN2CCCSCC2)cc1C. The number of aryl methyl sites for hydroxylation is 1. The molecule has 3 nitrogen and oxygen atoms in total. The predicted octanol–water partition coefficient (Wildman–Crippen LogP) is 2.25. The van der Waals surface area contributed by atoms with E-state index in [2.05, 4.69) is 35.0 Å². The summed E-state index contributed by atoms with van der Waals surface area (Å²) < 4.78 is 5.89. The summed E-state index contributed by atoms with van der Waals surface area (Å²) >= 11 is 2.06. The third-order valence-corrected chi connectivity index (χ3v) is 4.15. The Balaban J connectivity index is 1.95. The first-order valence-electron chi connectivity index (χ1n) is 6.32. The Kier molecular flexibility index (Phi) is 4.95. The molecule has 0 aromatic carbocycles. The van der Waals surface area contributed by atoms with E-state index in [4.69, 9.17) is 4.42 Å². The molecule has 1 N–H and O–H groups in total. The molecule has 2 heterocycles. The van der Waals surface area contributed by atoms with Gasteiger partial charge in [-0.1, -0.05) is 0 Å². The van der Waals surface area contributed by atoms with Gasteiger partial charge in [-0.15, -0.1) is 0 Å². The number of nitrogens with zero attached hydrogens (tertiary/aromatic N) is 1. The highest BCUT2D eigenvalue weighted by atomic mass is 32.2. The van der Waals surface area contributed by atoms with Crippen molar-refractivity contribution >= 4 is 11.8 Å². The summed E-state index contributed by atoms with van der Waals surface area (Å²) in [6, 6.07) is 2.19. The number of thioether (sulfide) groups is 1. The van der Waals surface area contributed by atoms with Gasteiger partial charge in [-0.05, 0) is 44.3 Å². The molecule has 96 valence electrons. The molecular formula is C13H22N2OS. The third kappa shape index (κ3) is 3.76. The molecule has 2 rings (SSSR count). The summed E-state index contributed by atoms with van der Waals surface area (Å²) in [5, 5.41) is 3.14. The number of hydrogen-bond donors (Lipinski definition) is 1. The van der Waals surface area contributed by atoms with Crippen molar-refractivity contribution in [2.75, 3.05) is 31.6 Å². The summed E-state index contributed by atoms with van der Waals surface area (Å²) in [5.74, 6) is 4.74. The van der Waals surface area contributed by atoms with Gasteiger partial charge in [0, 0.05) is 12.3 Å². The van der Waals surface area contributed by atoms with Crippen molar-refractivity contribution in [2.45, 2.75) is 26.4 Å². The zero-order valence-electron chi connectivity index (χ0n) is 10.8. The summed E-state index contributed by atoms with van der Waals surface area (Å²) in [7, 11) is 1.95. The summed E-state index contributed by atoms with van der Waals surface area (Å²) in [6.45, 7) is 6.30.